The normalized spacial score (nSPS) is 14.4. The molecule has 1 aliphatic rings. The Balaban J connectivity index is 1.34. The number of benzene rings is 2. The Bertz CT molecular complexity index is 973. The molecule has 1 aliphatic heterocycles. The molecule has 146 valence electrons. The number of aromatic nitrogens is 1. The molecule has 2 aromatic carbocycles. The van der Waals surface area contributed by atoms with Gasteiger partial charge in [0.25, 0.3) is 0 Å². The molecule has 1 aromatic heterocycles. The maximum absolute atomic E-state index is 13.6. The first-order valence-corrected chi connectivity index (χ1v) is 10.9. The van der Waals surface area contributed by atoms with Gasteiger partial charge < -0.3 is 15.0 Å². The van der Waals surface area contributed by atoms with Gasteiger partial charge in [-0.2, -0.15) is 0 Å². The second-order valence-electron chi connectivity index (χ2n) is 6.36. The van der Waals surface area contributed by atoms with Crippen molar-refractivity contribution in [2.24, 2.45) is 0 Å². The van der Waals surface area contributed by atoms with E-state index in [1.54, 1.807) is 29.5 Å². The fraction of sp³-hybridized carbons (Fsp3) is 0.300. The van der Waals surface area contributed by atoms with Crippen LogP contribution < -0.4 is 10.2 Å². The van der Waals surface area contributed by atoms with Crippen LogP contribution in [0.25, 0.3) is 10.2 Å². The first kappa shape index (κ1) is 19.2. The van der Waals surface area contributed by atoms with Crippen molar-refractivity contribution in [2.75, 3.05) is 42.3 Å². The predicted octanol–water partition coefficient (Wildman–Crippen LogP) is 4.39. The number of nitrogens with zero attached hydrogens (tertiary/aromatic N) is 2. The number of rotatable bonds is 6. The van der Waals surface area contributed by atoms with Crippen molar-refractivity contribution >= 4 is 50.0 Å². The Morgan fingerprint density at radius 1 is 1.25 bits per heavy atom. The fourth-order valence-electron chi connectivity index (χ4n) is 2.92. The van der Waals surface area contributed by atoms with Crippen molar-refractivity contribution in [2.45, 2.75) is 11.3 Å². The maximum Gasteiger partial charge on any atom is 0.225 e. The van der Waals surface area contributed by atoms with Gasteiger partial charge in [0.2, 0.25) is 5.91 Å². The van der Waals surface area contributed by atoms with E-state index in [2.05, 4.69) is 15.2 Å². The Kier molecular flexibility index (Phi) is 6.09. The third kappa shape index (κ3) is 4.63. The average molecular weight is 418 g/mol. The highest BCUT2D eigenvalue weighted by atomic mass is 32.2. The number of hydrogen-bond donors (Lipinski definition) is 1. The molecule has 1 saturated heterocycles. The number of hydrogen-bond acceptors (Lipinski definition) is 6. The summed E-state index contributed by atoms with van der Waals surface area (Å²) in [6.07, 6.45) is 0.318. The SMILES string of the molecule is O=C(CCSc1ccccc1F)Nc1ccc2nc(N3CCOCC3)sc2c1. The molecule has 0 spiro atoms. The molecular weight excluding hydrogens is 397 g/mol. The first-order valence-electron chi connectivity index (χ1n) is 9.09. The molecule has 1 N–H and O–H groups in total. The van der Waals surface area contributed by atoms with Crippen LogP contribution in [0.2, 0.25) is 0 Å². The minimum absolute atomic E-state index is 0.0823. The molecule has 1 amide bonds. The van der Waals surface area contributed by atoms with Crippen LogP contribution in [0.15, 0.2) is 47.4 Å². The van der Waals surface area contributed by atoms with E-state index in [1.807, 2.05) is 18.2 Å². The Labute approximate surface area is 170 Å². The summed E-state index contributed by atoms with van der Waals surface area (Å²) in [7, 11) is 0. The van der Waals surface area contributed by atoms with Gasteiger partial charge in [-0.15, -0.1) is 11.8 Å². The van der Waals surface area contributed by atoms with Gasteiger partial charge in [0.15, 0.2) is 5.13 Å². The summed E-state index contributed by atoms with van der Waals surface area (Å²) < 4.78 is 20.0. The van der Waals surface area contributed by atoms with Crippen molar-refractivity contribution in [3.63, 3.8) is 0 Å². The van der Waals surface area contributed by atoms with E-state index >= 15 is 0 Å². The lowest BCUT2D eigenvalue weighted by Gasteiger charge is -2.25. The van der Waals surface area contributed by atoms with Crippen LogP contribution in [0.1, 0.15) is 6.42 Å². The Hall–Kier alpha value is -2.16. The molecule has 0 atom stereocenters. The van der Waals surface area contributed by atoms with Crippen LogP contribution in [0.5, 0.6) is 0 Å². The van der Waals surface area contributed by atoms with E-state index in [4.69, 9.17) is 4.74 Å². The van der Waals surface area contributed by atoms with Crippen LogP contribution in [-0.4, -0.2) is 42.9 Å². The molecule has 0 radical (unpaired) electrons. The molecule has 28 heavy (non-hydrogen) atoms. The second-order valence-corrected chi connectivity index (χ2v) is 8.50. The van der Waals surface area contributed by atoms with Crippen LogP contribution in [0.3, 0.4) is 0 Å². The van der Waals surface area contributed by atoms with Crippen LogP contribution in [0.4, 0.5) is 15.2 Å². The van der Waals surface area contributed by atoms with Gasteiger partial charge in [0.05, 0.1) is 23.4 Å². The third-order valence-electron chi connectivity index (χ3n) is 4.37. The topological polar surface area (TPSA) is 54.5 Å². The summed E-state index contributed by atoms with van der Waals surface area (Å²) in [5.74, 6) is 0.192. The van der Waals surface area contributed by atoms with Crippen molar-refractivity contribution in [1.82, 2.24) is 4.98 Å². The van der Waals surface area contributed by atoms with E-state index in [9.17, 15) is 9.18 Å². The highest BCUT2D eigenvalue weighted by Gasteiger charge is 2.15. The monoisotopic (exact) mass is 417 g/mol. The van der Waals surface area contributed by atoms with E-state index in [0.717, 1.165) is 47.3 Å². The average Bonchev–Trinajstić information content (AvgIpc) is 3.13. The zero-order chi connectivity index (χ0) is 19.3. The summed E-state index contributed by atoms with van der Waals surface area (Å²) in [6, 6.07) is 12.4. The Morgan fingerprint density at radius 3 is 2.89 bits per heavy atom. The highest BCUT2D eigenvalue weighted by Crippen LogP contribution is 2.31. The van der Waals surface area contributed by atoms with E-state index in [-0.39, 0.29) is 11.7 Å². The van der Waals surface area contributed by atoms with Gasteiger partial charge in [-0.25, -0.2) is 9.37 Å². The van der Waals surface area contributed by atoms with Gasteiger partial charge in [-0.1, -0.05) is 23.5 Å². The number of anilines is 2. The molecule has 2 heterocycles. The van der Waals surface area contributed by atoms with E-state index in [1.165, 1.54) is 17.8 Å². The summed E-state index contributed by atoms with van der Waals surface area (Å²) in [5.41, 5.74) is 1.69. The molecule has 5 nitrogen and oxygen atoms in total. The number of carbonyl (C=O) groups excluding carboxylic acids is 1. The summed E-state index contributed by atoms with van der Waals surface area (Å²) in [5, 5.41) is 3.91. The first-order chi connectivity index (χ1) is 13.7. The zero-order valence-corrected chi connectivity index (χ0v) is 16.8. The highest BCUT2D eigenvalue weighted by molar-refractivity contribution is 7.99. The van der Waals surface area contributed by atoms with Gasteiger partial charge in [0.1, 0.15) is 5.82 Å². The number of ether oxygens (including phenoxy) is 1. The van der Waals surface area contributed by atoms with Crippen LogP contribution in [-0.2, 0) is 9.53 Å². The molecule has 0 aliphatic carbocycles. The summed E-state index contributed by atoms with van der Waals surface area (Å²) in [4.78, 5) is 19.7. The quantitative estimate of drug-likeness (QED) is 0.603. The van der Waals surface area contributed by atoms with Gasteiger partial charge in [-0.05, 0) is 30.3 Å². The number of fused-ring (bicyclic) bond motifs is 1. The molecule has 8 heteroatoms. The van der Waals surface area contributed by atoms with Crippen molar-refractivity contribution in [3.05, 3.63) is 48.3 Å². The second kappa shape index (κ2) is 8.89. The van der Waals surface area contributed by atoms with Crippen molar-refractivity contribution < 1.29 is 13.9 Å². The fourth-order valence-corrected chi connectivity index (χ4v) is 4.86. The van der Waals surface area contributed by atoms with Crippen LogP contribution in [0, 0.1) is 5.82 Å². The molecule has 3 aromatic rings. The molecule has 0 unspecified atom stereocenters. The lowest BCUT2D eigenvalue weighted by Crippen LogP contribution is -2.36. The van der Waals surface area contributed by atoms with Gasteiger partial charge >= 0.3 is 0 Å². The molecule has 0 bridgehead atoms. The Morgan fingerprint density at radius 2 is 2.07 bits per heavy atom. The zero-order valence-electron chi connectivity index (χ0n) is 15.2. The number of thiazole rings is 1. The number of thioether (sulfide) groups is 1. The number of carbonyl (C=O) groups is 1. The minimum atomic E-state index is -0.250. The lowest BCUT2D eigenvalue weighted by atomic mass is 10.3. The molecule has 0 saturated carbocycles. The third-order valence-corrected chi connectivity index (χ3v) is 6.50. The van der Waals surface area contributed by atoms with Crippen molar-refractivity contribution in [3.8, 4) is 0 Å². The van der Waals surface area contributed by atoms with Crippen molar-refractivity contribution in [1.29, 1.82) is 0 Å². The molecular formula is C20H20FN3O2S2. The summed E-state index contributed by atoms with van der Waals surface area (Å²) >= 11 is 2.97. The number of halogens is 1. The number of nitrogens with one attached hydrogen (secondary N) is 1. The summed E-state index contributed by atoms with van der Waals surface area (Å²) in [6.45, 7) is 3.15. The van der Waals surface area contributed by atoms with Gasteiger partial charge in [0, 0.05) is 35.8 Å². The van der Waals surface area contributed by atoms with Gasteiger partial charge in [-0.3, -0.25) is 4.79 Å². The number of morpholine rings is 1. The smallest absolute Gasteiger partial charge is 0.225 e. The minimum Gasteiger partial charge on any atom is -0.378 e. The molecule has 4 rings (SSSR count). The number of amides is 1. The van der Waals surface area contributed by atoms with Crippen LogP contribution >= 0.6 is 23.1 Å². The largest absolute Gasteiger partial charge is 0.378 e. The lowest BCUT2D eigenvalue weighted by molar-refractivity contribution is -0.115. The standard InChI is InChI=1S/C20H20FN3O2S2/c21-15-3-1-2-4-17(15)27-12-7-19(25)22-14-5-6-16-18(13-14)28-20(23-16)24-8-10-26-11-9-24/h1-6,13H,7-12H2,(H,22,25). The predicted molar refractivity (Wildman–Crippen MR) is 113 cm³/mol. The van der Waals surface area contributed by atoms with E-state index in [0.29, 0.717) is 17.1 Å². The molecule has 1 fully saturated rings. The maximum atomic E-state index is 13.6. The van der Waals surface area contributed by atoms with E-state index < -0.39 is 0 Å².